The number of nitrogens with two attached hydrogens (primary N) is 2. The van der Waals surface area contributed by atoms with Gasteiger partial charge in [0.2, 0.25) is 0 Å². The molecule has 0 spiro atoms. The highest BCUT2D eigenvalue weighted by Gasteiger charge is 2.18. The number of imidazole rings is 1. The van der Waals surface area contributed by atoms with E-state index in [1.54, 1.807) is 17.9 Å². The Morgan fingerprint density at radius 1 is 1.57 bits per heavy atom. The third-order valence-corrected chi connectivity index (χ3v) is 2.44. The van der Waals surface area contributed by atoms with Crippen molar-refractivity contribution in [3.05, 3.63) is 29.3 Å². The van der Waals surface area contributed by atoms with Gasteiger partial charge in [0.15, 0.2) is 11.2 Å². The summed E-state index contributed by atoms with van der Waals surface area (Å²) in [7, 11) is 0. The number of H-pyrrole nitrogens is 1. The minimum atomic E-state index is -0.439. The molecule has 0 saturated heterocycles. The molecule has 0 bridgehead atoms. The summed E-state index contributed by atoms with van der Waals surface area (Å²) in [6.45, 7) is 0. The van der Waals surface area contributed by atoms with Crippen LogP contribution in [0.4, 0.5) is 5.13 Å². The number of nitrogens with one attached hydrogen (secondary N) is 1. The molecule has 2 heterocycles. The maximum Gasteiger partial charge on any atom is 0.180 e. The van der Waals surface area contributed by atoms with E-state index in [1.807, 2.05) is 0 Å². The number of hydrogen-bond donors (Lipinski definition) is 3. The molecule has 74 valence electrons. The van der Waals surface area contributed by atoms with Crippen molar-refractivity contribution in [2.45, 2.75) is 6.10 Å². The van der Waals surface area contributed by atoms with Crippen molar-refractivity contribution in [3.8, 4) is 0 Å². The summed E-state index contributed by atoms with van der Waals surface area (Å²) in [6.07, 6.45) is 2.75. The third kappa shape index (κ3) is 1.60. The number of thiazole rings is 1. The molecule has 5 N–H and O–H groups in total. The topological polar surface area (TPSA) is 103 Å². The number of anilines is 1. The highest BCUT2D eigenvalue weighted by atomic mass is 32.1. The quantitative estimate of drug-likeness (QED) is 0.639. The van der Waals surface area contributed by atoms with Crippen molar-refractivity contribution < 1.29 is 4.84 Å². The summed E-state index contributed by atoms with van der Waals surface area (Å²) in [5.74, 6) is 5.18. The van der Waals surface area contributed by atoms with Gasteiger partial charge in [0, 0.05) is 5.38 Å². The molecule has 6 nitrogen and oxygen atoms in total. The first-order valence-electron chi connectivity index (χ1n) is 3.86. The van der Waals surface area contributed by atoms with E-state index in [-0.39, 0.29) is 0 Å². The lowest BCUT2D eigenvalue weighted by Gasteiger charge is -2.08. The van der Waals surface area contributed by atoms with Crippen LogP contribution in [0, 0.1) is 0 Å². The largest absolute Gasteiger partial charge is 0.375 e. The van der Waals surface area contributed by atoms with Crippen molar-refractivity contribution >= 4 is 16.5 Å². The van der Waals surface area contributed by atoms with Gasteiger partial charge >= 0.3 is 0 Å². The maximum atomic E-state index is 5.51. The van der Waals surface area contributed by atoms with E-state index < -0.39 is 6.10 Å². The molecule has 14 heavy (non-hydrogen) atoms. The van der Waals surface area contributed by atoms with E-state index in [1.165, 1.54) is 11.3 Å². The molecule has 7 heteroatoms. The van der Waals surface area contributed by atoms with Gasteiger partial charge in [-0.05, 0) is 0 Å². The molecule has 2 aromatic rings. The van der Waals surface area contributed by atoms with E-state index in [0.29, 0.717) is 10.8 Å². The molecule has 2 rings (SSSR count). The number of aromatic nitrogens is 3. The predicted molar refractivity (Wildman–Crippen MR) is 52.2 cm³/mol. The number of rotatable bonds is 3. The highest BCUT2D eigenvalue weighted by Crippen LogP contribution is 2.24. The fourth-order valence-electron chi connectivity index (χ4n) is 1.13. The smallest absolute Gasteiger partial charge is 0.180 e. The molecule has 0 aliphatic heterocycles. The Labute approximate surface area is 83.9 Å². The van der Waals surface area contributed by atoms with Gasteiger partial charge in [0.05, 0.1) is 23.9 Å². The molecule has 0 saturated carbocycles. The Balaban J connectivity index is 2.31. The monoisotopic (exact) mass is 211 g/mol. The predicted octanol–water partition coefficient (Wildman–Crippen LogP) is 0.428. The summed E-state index contributed by atoms with van der Waals surface area (Å²) in [5, 5.41) is 2.29. The van der Waals surface area contributed by atoms with Crippen LogP contribution in [-0.4, -0.2) is 15.0 Å². The maximum absolute atomic E-state index is 5.51. The lowest BCUT2D eigenvalue weighted by Crippen LogP contribution is -2.11. The van der Waals surface area contributed by atoms with Crippen LogP contribution in [0.25, 0.3) is 0 Å². The van der Waals surface area contributed by atoms with Crippen LogP contribution in [-0.2, 0) is 4.84 Å². The summed E-state index contributed by atoms with van der Waals surface area (Å²) >= 11 is 1.34. The zero-order valence-corrected chi connectivity index (χ0v) is 7.99. The van der Waals surface area contributed by atoms with Crippen molar-refractivity contribution in [1.82, 2.24) is 15.0 Å². The number of nitrogen functional groups attached to an aromatic ring is 1. The second-order valence-corrected chi connectivity index (χ2v) is 3.52. The van der Waals surface area contributed by atoms with Crippen LogP contribution in [0.5, 0.6) is 0 Å². The van der Waals surface area contributed by atoms with Gasteiger partial charge < -0.3 is 10.7 Å². The Kier molecular flexibility index (Phi) is 2.44. The van der Waals surface area contributed by atoms with E-state index in [4.69, 9.17) is 16.5 Å². The lowest BCUT2D eigenvalue weighted by atomic mass is 10.2. The molecule has 1 atom stereocenters. The summed E-state index contributed by atoms with van der Waals surface area (Å²) in [4.78, 5) is 15.7. The fraction of sp³-hybridized carbons (Fsp3) is 0.143. The van der Waals surface area contributed by atoms with Gasteiger partial charge in [0.25, 0.3) is 0 Å². The summed E-state index contributed by atoms with van der Waals surface area (Å²) in [5.41, 5.74) is 6.94. The average Bonchev–Trinajstić information content (AvgIpc) is 2.79. The first-order chi connectivity index (χ1) is 6.81. The molecule has 0 aromatic carbocycles. The number of hydrogen-bond acceptors (Lipinski definition) is 6. The van der Waals surface area contributed by atoms with Gasteiger partial charge in [-0.15, -0.1) is 11.3 Å². The molecular formula is C7H9N5OS. The van der Waals surface area contributed by atoms with Gasteiger partial charge in [-0.1, -0.05) is 0 Å². The van der Waals surface area contributed by atoms with Gasteiger partial charge in [-0.2, -0.15) is 0 Å². The summed E-state index contributed by atoms with van der Waals surface area (Å²) in [6, 6.07) is 0. The Morgan fingerprint density at radius 2 is 2.43 bits per heavy atom. The van der Waals surface area contributed by atoms with Crippen molar-refractivity contribution in [3.63, 3.8) is 0 Å². The van der Waals surface area contributed by atoms with Gasteiger partial charge in [-0.25, -0.2) is 15.9 Å². The van der Waals surface area contributed by atoms with Crippen LogP contribution >= 0.6 is 11.3 Å². The molecule has 0 aliphatic carbocycles. The zero-order chi connectivity index (χ0) is 9.97. The first kappa shape index (κ1) is 9.13. The Bertz CT molecular complexity index is 398. The fourth-order valence-corrected chi connectivity index (χ4v) is 1.71. The normalized spacial score (nSPS) is 12.9. The van der Waals surface area contributed by atoms with Crippen molar-refractivity contribution in [1.29, 1.82) is 0 Å². The average molecular weight is 211 g/mol. The Morgan fingerprint density at radius 3 is 2.93 bits per heavy atom. The van der Waals surface area contributed by atoms with Crippen LogP contribution in [0.1, 0.15) is 17.5 Å². The standard InChI is InChI=1S/C7H9N5OS/c8-7-12-5(2-14-7)6(13-9)4-1-10-3-11-4/h1-3,6H,9H2,(H2,8,12)(H,10,11). The third-order valence-electron chi connectivity index (χ3n) is 1.75. The molecule has 0 fully saturated rings. The van der Waals surface area contributed by atoms with E-state index in [2.05, 4.69) is 15.0 Å². The van der Waals surface area contributed by atoms with Crippen LogP contribution in [0.15, 0.2) is 17.9 Å². The van der Waals surface area contributed by atoms with Crippen LogP contribution < -0.4 is 11.6 Å². The highest BCUT2D eigenvalue weighted by molar-refractivity contribution is 7.13. The SMILES string of the molecule is NOC(c1csc(N)n1)c1cnc[nH]1. The zero-order valence-electron chi connectivity index (χ0n) is 7.18. The molecule has 1 unspecified atom stereocenters. The second kappa shape index (κ2) is 3.74. The first-order valence-corrected chi connectivity index (χ1v) is 4.74. The van der Waals surface area contributed by atoms with E-state index in [9.17, 15) is 0 Å². The molecule has 0 amide bonds. The van der Waals surface area contributed by atoms with E-state index in [0.717, 1.165) is 5.69 Å². The lowest BCUT2D eigenvalue weighted by molar-refractivity contribution is 0.0763. The minimum Gasteiger partial charge on any atom is -0.375 e. The number of aromatic amines is 1. The molecule has 2 aromatic heterocycles. The van der Waals surface area contributed by atoms with Crippen molar-refractivity contribution in [2.75, 3.05) is 5.73 Å². The van der Waals surface area contributed by atoms with Gasteiger partial charge in [-0.3, -0.25) is 4.84 Å². The van der Waals surface area contributed by atoms with Crippen LogP contribution in [0.2, 0.25) is 0 Å². The van der Waals surface area contributed by atoms with Gasteiger partial charge in [0.1, 0.15) is 0 Å². The van der Waals surface area contributed by atoms with E-state index >= 15 is 0 Å². The second-order valence-electron chi connectivity index (χ2n) is 2.63. The molecular weight excluding hydrogens is 202 g/mol. The number of nitrogens with zero attached hydrogens (tertiary/aromatic N) is 2. The minimum absolute atomic E-state index is 0.439. The summed E-state index contributed by atoms with van der Waals surface area (Å²) < 4.78 is 0. The van der Waals surface area contributed by atoms with Crippen molar-refractivity contribution in [2.24, 2.45) is 5.90 Å². The Hall–Kier alpha value is -1.44. The van der Waals surface area contributed by atoms with Crippen LogP contribution in [0.3, 0.4) is 0 Å². The molecule has 0 radical (unpaired) electrons. The molecule has 0 aliphatic rings.